The monoisotopic (exact) mass is 322 g/mol. The number of carbonyl (C=O) groups is 1. The van der Waals surface area contributed by atoms with E-state index in [2.05, 4.69) is 25.9 Å². The molecular formula is C13H11BrN2O3. The first-order chi connectivity index (χ1) is 9.13. The van der Waals surface area contributed by atoms with E-state index in [4.69, 9.17) is 9.47 Å². The molecule has 1 heterocycles. The number of ether oxygens (including phenoxy) is 2. The first-order valence-electron chi connectivity index (χ1n) is 5.41. The van der Waals surface area contributed by atoms with Crippen molar-refractivity contribution in [1.82, 2.24) is 9.97 Å². The zero-order valence-electron chi connectivity index (χ0n) is 10.4. The zero-order chi connectivity index (χ0) is 13.8. The number of nitrogens with zero attached hydrogens (tertiary/aromatic N) is 2. The molecule has 0 aliphatic rings. The fraction of sp³-hybridized carbons (Fsp3) is 0.154. The quantitative estimate of drug-likeness (QED) is 0.809. The molecule has 0 spiro atoms. The molecule has 1 aromatic carbocycles. The fourth-order valence-electron chi connectivity index (χ4n) is 1.47. The third-order valence-corrected chi connectivity index (χ3v) is 2.94. The van der Waals surface area contributed by atoms with Gasteiger partial charge in [0.05, 0.1) is 14.2 Å². The third kappa shape index (κ3) is 3.08. The Bertz CT molecular complexity index is 577. The molecule has 2 rings (SSSR count). The van der Waals surface area contributed by atoms with Crippen LogP contribution in [0.15, 0.2) is 34.8 Å². The molecule has 6 heteroatoms. The maximum Gasteiger partial charge on any atom is 0.320 e. The van der Waals surface area contributed by atoms with Gasteiger partial charge < -0.3 is 9.47 Å². The minimum Gasteiger partial charge on any atom is -0.481 e. The van der Waals surface area contributed by atoms with Crippen molar-refractivity contribution in [3.8, 4) is 11.9 Å². The minimum atomic E-state index is -0.216. The van der Waals surface area contributed by atoms with E-state index in [0.29, 0.717) is 5.56 Å². The van der Waals surface area contributed by atoms with Gasteiger partial charge in [-0.1, -0.05) is 15.9 Å². The molecule has 0 saturated carbocycles. The Kier molecular flexibility index (Phi) is 4.11. The summed E-state index contributed by atoms with van der Waals surface area (Å²) < 4.78 is 10.9. The van der Waals surface area contributed by atoms with Crippen LogP contribution in [-0.4, -0.2) is 30.0 Å². The summed E-state index contributed by atoms with van der Waals surface area (Å²) in [4.78, 5) is 20.2. The number of ketones is 1. The number of hydrogen-bond acceptors (Lipinski definition) is 5. The Morgan fingerprint density at radius 3 is 2.37 bits per heavy atom. The van der Waals surface area contributed by atoms with Crippen LogP contribution in [0.4, 0.5) is 0 Å². The summed E-state index contributed by atoms with van der Waals surface area (Å²) in [6.07, 6.45) is 0. The highest BCUT2D eigenvalue weighted by Crippen LogP contribution is 2.18. The molecule has 0 atom stereocenters. The molecular weight excluding hydrogens is 312 g/mol. The largest absolute Gasteiger partial charge is 0.481 e. The number of aromatic nitrogens is 2. The number of carbonyl (C=O) groups excluding carboxylic acids is 1. The summed E-state index contributed by atoms with van der Waals surface area (Å²) >= 11 is 3.32. The number of hydrogen-bond donors (Lipinski definition) is 0. The van der Waals surface area contributed by atoms with Gasteiger partial charge in [0.15, 0.2) is 0 Å². The summed E-state index contributed by atoms with van der Waals surface area (Å²) in [5.74, 6) is 0.0683. The van der Waals surface area contributed by atoms with Gasteiger partial charge in [-0.3, -0.25) is 4.79 Å². The van der Waals surface area contributed by atoms with Gasteiger partial charge in [0, 0.05) is 16.1 Å². The van der Waals surface area contributed by atoms with Crippen LogP contribution in [0.2, 0.25) is 0 Å². The standard InChI is InChI=1S/C13H11BrN2O3/c1-18-11-7-10(15-13(16-11)19-2)12(17)8-3-5-9(14)6-4-8/h3-7H,1-2H3. The van der Waals surface area contributed by atoms with Crippen LogP contribution in [0, 0.1) is 0 Å². The lowest BCUT2D eigenvalue weighted by Crippen LogP contribution is -2.07. The van der Waals surface area contributed by atoms with Crippen molar-refractivity contribution in [2.24, 2.45) is 0 Å². The molecule has 0 N–H and O–H groups in total. The predicted molar refractivity (Wildman–Crippen MR) is 72.7 cm³/mol. The summed E-state index contributed by atoms with van der Waals surface area (Å²) in [6.45, 7) is 0. The van der Waals surface area contributed by atoms with E-state index in [1.807, 2.05) is 0 Å². The molecule has 0 bridgehead atoms. The molecule has 19 heavy (non-hydrogen) atoms. The van der Waals surface area contributed by atoms with Crippen molar-refractivity contribution in [1.29, 1.82) is 0 Å². The average Bonchev–Trinajstić information content (AvgIpc) is 2.46. The molecule has 98 valence electrons. The molecule has 0 aliphatic carbocycles. The zero-order valence-corrected chi connectivity index (χ0v) is 12.0. The molecule has 0 amide bonds. The van der Waals surface area contributed by atoms with Gasteiger partial charge >= 0.3 is 6.01 Å². The van der Waals surface area contributed by atoms with Crippen molar-refractivity contribution >= 4 is 21.7 Å². The lowest BCUT2D eigenvalue weighted by atomic mass is 10.1. The fourth-order valence-corrected chi connectivity index (χ4v) is 1.73. The van der Waals surface area contributed by atoms with Crippen molar-refractivity contribution in [2.75, 3.05) is 14.2 Å². The Morgan fingerprint density at radius 1 is 1.11 bits per heavy atom. The SMILES string of the molecule is COc1cc(C(=O)c2ccc(Br)cc2)nc(OC)n1. The van der Waals surface area contributed by atoms with Crippen LogP contribution in [-0.2, 0) is 0 Å². The Labute approximate surface area is 118 Å². The normalized spacial score (nSPS) is 10.1. The van der Waals surface area contributed by atoms with Crippen LogP contribution in [0.25, 0.3) is 0 Å². The van der Waals surface area contributed by atoms with Gasteiger partial charge in [0.25, 0.3) is 0 Å². The second-order valence-electron chi connectivity index (χ2n) is 3.62. The molecule has 5 nitrogen and oxygen atoms in total. The average molecular weight is 323 g/mol. The molecule has 0 fully saturated rings. The summed E-state index contributed by atoms with van der Waals surface area (Å²) in [6, 6.07) is 8.60. The Morgan fingerprint density at radius 2 is 1.79 bits per heavy atom. The number of halogens is 1. The second kappa shape index (κ2) is 5.79. The van der Waals surface area contributed by atoms with Crippen LogP contribution in [0.1, 0.15) is 16.1 Å². The van der Waals surface area contributed by atoms with E-state index < -0.39 is 0 Å². The topological polar surface area (TPSA) is 61.3 Å². The minimum absolute atomic E-state index is 0.0970. The first-order valence-corrected chi connectivity index (χ1v) is 6.20. The number of methoxy groups -OCH3 is 2. The van der Waals surface area contributed by atoms with Crippen molar-refractivity contribution in [2.45, 2.75) is 0 Å². The van der Waals surface area contributed by atoms with E-state index in [1.54, 1.807) is 24.3 Å². The Hall–Kier alpha value is -1.95. The van der Waals surface area contributed by atoms with Gasteiger partial charge in [0.2, 0.25) is 11.7 Å². The molecule has 2 aromatic rings. The summed E-state index contributed by atoms with van der Waals surface area (Å²) in [7, 11) is 2.90. The van der Waals surface area contributed by atoms with E-state index in [1.165, 1.54) is 20.3 Å². The van der Waals surface area contributed by atoms with E-state index >= 15 is 0 Å². The van der Waals surface area contributed by atoms with E-state index in [-0.39, 0.29) is 23.4 Å². The van der Waals surface area contributed by atoms with Crippen LogP contribution >= 0.6 is 15.9 Å². The van der Waals surface area contributed by atoms with Gasteiger partial charge in [-0.2, -0.15) is 9.97 Å². The van der Waals surface area contributed by atoms with Crippen molar-refractivity contribution in [3.63, 3.8) is 0 Å². The molecule has 0 saturated heterocycles. The van der Waals surface area contributed by atoms with Crippen LogP contribution in [0.3, 0.4) is 0 Å². The molecule has 0 unspecified atom stereocenters. The predicted octanol–water partition coefficient (Wildman–Crippen LogP) is 2.49. The van der Waals surface area contributed by atoms with Crippen LogP contribution in [0.5, 0.6) is 11.9 Å². The van der Waals surface area contributed by atoms with Crippen LogP contribution < -0.4 is 9.47 Å². The first kappa shape index (κ1) is 13.5. The lowest BCUT2D eigenvalue weighted by Gasteiger charge is -2.05. The van der Waals surface area contributed by atoms with Crippen molar-refractivity contribution in [3.05, 3.63) is 46.1 Å². The lowest BCUT2D eigenvalue weighted by molar-refractivity contribution is 0.103. The second-order valence-corrected chi connectivity index (χ2v) is 4.53. The number of rotatable bonds is 4. The molecule has 1 aromatic heterocycles. The van der Waals surface area contributed by atoms with E-state index in [9.17, 15) is 4.79 Å². The third-order valence-electron chi connectivity index (χ3n) is 2.41. The van der Waals surface area contributed by atoms with Gasteiger partial charge in [-0.05, 0) is 24.3 Å². The Balaban J connectivity index is 2.40. The maximum atomic E-state index is 12.3. The van der Waals surface area contributed by atoms with E-state index in [0.717, 1.165) is 4.47 Å². The highest BCUT2D eigenvalue weighted by Gasteiger charge is 2.14. The maximum absolute atomic E-state index is 12.3. The smallest absolute Gasteiger partial charge is 0.320 e. The van der Waals surface area contributed by atoms with Crippen molar-refractivity contribution < 1.29 is 14.3 Å². The van der Waals surface area contributed by atoms with Gasteiger partial charge in [0.1, 0.15) is 5.69 Å². The van der Waals surface area contributed by atoms with Gasteiger partial charge in [-0.15, -0.1) is 0 Å². The number of benzene rings is 1. The molecule has 0 radical (unpaired) electrons. The highest BCUT2D eigenvalue weighted by molar-refractivity contribution is 9.10. The highest BCUT2D eigenvalue weighted by atomic mass is 79.9. The summed E-state index contributed by atoms with van der Waals surface area (Å²) in [5, 5.41) is 0. The molecule has 0 aliphatic heterocycles. The summed E-state index contributed by atoms with van der Waals surface area (Å²) in [5.41, 5.74) is 0.761. The van der Waals surface area contributed by atoms with Gasteiger partial charge in [-0.25, -0.2) is 0 Å².